The number of nitrogens with zero attached hydrogens (tertiary/aromatic N) is 1. The van der Waals surface area contributed by atoms with Gasteiger partial charge in [-0.15, -0.1) is 0 Å². The Morgan fingerprint density at radius 2 is 2.07 bits per heavy atom. The van der Waals surface area contributed by atoms with Crippen molar-refractivity contribution in [2.45, 2.75) is 19.1 Å². The molecule has 84 valence electrons. The fraction of sp³-hybridized carbons (Fsp3) is 0.857. The number of aliphatic hydroxyl groups is 1. The number of hydrogen-bond acceptors (Lipinski definition) is 3. The number of carbonyl (C=O) groups is 1. The van der Waals surface area contributed by atoms with E-state index >= 15 is 0 Å². The summed E-state index contributed by atoms with van der Waals surface area (Å²) in [5.41, 5.74) is 5.15. The van der Waals surface area contributed by atoms with Crippen LogP contribution in [0.1, 0.15) is 6.92 Å². The van der Waals surface area contributed by atoms with E-state index in [4.69, 9.17) is 10.8 Å². The second kappa shape index (κ2) is 5.16. The zero-order valence-corrected chi connectivity index (χ0v) is 7.71. The predicted octanol–water partition coefficient (Wildman–Crippen LogP) is -0.283. The molecular weight excluding hydrogens is 201 g/mol. The molecule has 0 heterocycles. The third-order valence-corrected chi connectivity index (χ3v) is 1.44. The van der Waals surface area contributed by atoms with Crippen molar-refractivity contribution in [2.24, 2.45) is 5.73 Å². The van der Waals surface area contributed by atoms with Gasteiger partial charge >= 0.3 is 6.18 Å². The summed E-state index contributed by atoms with van der Waals surface area (Å²) in [5.74, 6) is -0.823. The topological polar surface area (TPSA) is 66.6 Å². The third kappa shape index (κ3) is 5.03. The fourth-order valence-corrected chi connectivity index (χ4v) is 0.892. The van der Waals surface area contributed by atoms with Crippen LogP contribution < -0.4 is 5.73 Å². The van der Waals surface area contributed by atoms with Crippen LogP contribution in [0.3, 0.4) is 0 Å². The minimum atomic E-state index is -4.47. The molecule has 0 bridgehead atoms. The van der Waals surface area contributed by atoms with E-state index in [0.717, 1.165) is 0 Å². The van der Waals surface area contributed by atoms with Gasteiger partial charge in [-0.3, -0.25) is 4.79 Å². The number of alkyl halides is 3. The number of hydrogen-bond donors (Lipinski definition) is 2. The van der Waals surface area contributed by atoms with Crippen LogP contribution in [-0.4, -0.2) is 47.8 Å². The van der Waals surface area contributed by atoms with Crippen LogP contribution in [0.4, 0.5) is 13.2 Å². The molecule has 0 fully saturated rings. The zero-order valence-electron chi connectivity index (χ0n) is 7.71. The molecule has 0 saturated carbocycles. The molecule has 0 aromatic carbocycles. The maximum atomic E-state index is 11.9. The largest absolute Gasteiger partial charge is 0.406 e. The van der Waals surface area contributed by atoms with Gasteiger partial charge in [0.1, 0.15) is 6.54 Å². The second-order valence-electron chi connectivity index (χ2n) is 2.89. The van der Waals surface area contributed by atoms with E-state index in [9.17, 15) is 18.0 Å². The minimum absolute atomic E-state index is 0.361. The average Bonchev–Trinajstić information content (AvgIpc) is 1.99. The molecule has 0 aliphatic rings. The molecule has 0 unspecified atom stereocenters. The number of carbonyl (C=O) groups excluding carboxylic acids is 1. The highest BCUT2D eigenvalue weighted by Crippen LogP contribution is 2.16. The van der Waals surface area contributed by atoms with E-state index < -0.39 is 31.3 Å². The molecule has 1 amide bonds. The average molecular weight is 214 g/mol. The smallest absolute Gasteiger partial charge is 0.395 e. The lowest BCUT2D eigenvalue weighted by Crippen LogP contribution is -2.47. The lowest BCUT2D eigenvalue weighted by molar-refractivity contribution is -0.162. The Hall–Kier alpha value is -0.820. The van der Waals surface area contributed by atoms with Crippen LogP contribution in [0.5, 0.6) is 0 Å². The van der Waals surface area contributed by atoms with Gasteiger partial charge in [-0.1, -0.05) is 0 Å². The first kappa shape index (κ1) is 13.2. The van der Waals surface area contributed by atoms with Gasteiger partial charge in [0.2, 0.25) is 5.91 Å². The first-order valence-corrected chi connectivity index (χ1v) is 4.00. The summed E-state index contributed by atoms with van der Waals surface area (Å²) in [6.07, 6.45) is -4.47. The van der Waals surface area contributed by atoms with Gasteiger partial charge in [-0.05, 0) is 6.92 Å². The molecular formula is C7H13F3N2O2. The van der Waals surface area contributed by atoms with E-state index in [-0.39, 0.29) is 6.54 Å². The highest BCUT2D eigenvalue weighted by Gasteiger charge is 2.33. The maximum Gasteiger partial charge on any atom is 0.406 e. The van der Waals surface area contributed by atoms with Crippen LogP contribution in [0.25, 0.3) is 0 Å². The highest BCUT2D eigenvalue weighted by molar-refractivity contribution is 5.81. The molecule has 0 spiro atoms. The SMILES string of the molecule is C[C@@H](N)C(=O)N(CCO)CC(F)(F)F. The number of nitrogens with two attached hydrogens (primary N) is 1. The molecule has 0 aliphatic carbocycles. The Morgan fingerprint density at radius 1 is 1.57 bits per heavy atom. The van der Waals surface area contributed by atoms with Crippen molar-refractivity contribution in [1.82, 2.24) is 4.90 Å². The summed E-state index contributed by atoms with van der Waals surface area (Å²) in [5, 5.41) is 8.46. The van der Waals surface area contributed by atoms with Gasteiger partial charge in [0.15, 0.2) is 0 Å². The van der Waals surface area contributed by atoms with Crippen molar-refractivity contribution in [3.05, 3.63) is 0 Å². The van der Waals surface area contributed by atoms with E-state index in [1.54, 1.807) is 0 Å². The number of halogens is 3. The Kier molecular flexibility index (Phi) is 4.86. The van der Waals surface area contributed by atoms with E-state index in [0.29, 0.717) is 4.90 Å². The molecule has 7 heteroatoms. The monoisotopic (exact) mass is 214 g/mol. The fourth-order valence-electron chi connectivity index (χ4n) is 0.892. The van der Waals surface area contributed by atoms with Crippen molar-refractivity contribution in [3.63, 3.8) is 0 Å². The Bertz CT molecular complexity index is 194. The van der Waals surface area contributed by atoms with Crippen LogP contribution in [-0.2, 0) is 4.79 Å². The van der Waals surface area contributed by atoms with Crippen molar-refractivity contribution in [3.8, 4) is 0 Å². The first-order chi connectivity index (χ1) is 6.28. The lowest BCUT2D eigenvalue weighted by Gasteiger charge is -2.24. The summed E-state index contributed by atoms with van der Waals surface area (Å²) in [6.45, 7) is -0.967. The summed E-state index contributed by atoms with van der Waals surface area (Å²) < 4.78 is 35.8. The van der Waals surface area contributed by atoms with Crippen LogP contribution >= 0.6 is 0 Å². The molecule has 0 saturated heterocycles. The molecule has 0 aromatic rings. The summed E-state index contributed by atoms with van der Waals surface area (Å²) in [6, 6.07) is -0.996. The second-order valence-corrected chi connectivity index (χ2v) is 2.89. The first-order valence-electron chi connectivity index (χ1n) is 4.00. The molecule has 0 aromatic heterocycles. The zero-order chi connectivity index (χ0) is 11.4. The highest BCUT2D eigenvalue weighted by atomic mass is 19.4. The normalized spacial score (nSPS) is 13.9. The van der Waals surface area contributed by atoms with E-state index in [1.807, 2.05) is 0 Å². The molecule has 1 atom stereocenters. The van der Waals surface area contributed by atoms with Gasteiger partial charge in [0.25, 0.3) is 0 Å². The van der Waals surface area contributed by atoms with Crippen LogP contribution in [0.2, 0.25) is 0 Å². The van der Waals surface area contributed by atoms with Gasteiger partial charge in [0.05, 0.1) is 12.6 Å². The van der Waals surface area contributed by atoms with Gasteiger partial charge in [0, 0.05) is 6.54 Å². The molecule has 0 rings (SSSR count). The predicted molar refractivity (Wildman–Crippen MR) is 43.4 cm³/mol. The van der Waals surface area contributed by atoms with Gasteiger partial charge < -0.3 is 15.7 Å². The Balaban J connectivity index is 4.36. The van der Waals surface area contributed by atoms with Crippen LogP contribution in [0.15, 0.2) is 0 Å². The summed E-state index contributed by atoms with van der Waals surface area (Å²) in [7, 11) is 0. The van der Waals surface area contributed by atoms with Crippen molar-refractivity contribution in [1.29, 1.82) is 0 Å². The molecule has 3 N–H and O–H groups in total. The summed E-state index contributed by atoms with van der Waals surface area (Å²) in [4.78, 5) is 11.6. The Morgan fingerprint density at radius 3 is 2.36 bits per heavy atom. The van der Waals surface area contributed by atoms with E-state index in [2.05, 4.69) is 0 Å². The molecule has 0 aliphatic heterocycles. The summed E-state index contributed by atoms with van der Waals surface area (Å²) >= 11 is 0. The standard InChI is InChI=1S/C7H13F3N2O2/c1-5(11)6(14)12(2-3-13)4-7(8,9)10/h5,13H,2-4,11H2,1H3/t5-/m1/s1. The van der Waals surface area contributed by atoms with E-state index in [1.165, 1.54) is 6.92 Å². The number of amides is 1. The van der Waals surface area contributed by atoms with Crippen molar-refractivity contribution in [2.75, 3.05) is 19.7 Å². The van der Waals surface area contributed by atoms with Crippen molar-refractivity contribution < 1.29 is 23.1 Å². The molecule has 4 nitrogen and oxygen atoms in total. The molecule has 14 heavy (non-hydrogen) atoms. The Labute approximate surface area is 79.5 Å². The van der Waals surface area contributed by atoms with Gasteiger partial charge in [-0.25, -0.2) is 0 Å². The van der Waals surface area contributed by atoms with Gasteiger partial charge in [-0.2, -0.15) is 13.2 Å². The number of rotatable bonds is 4. The van der Waals surface area contributed by atoms with Crippen molar-refractivity contribution >= 4 is 5.91 Å². The molecule has 0 radical (unpaired) electrons. The lowest BCUT2D eigenvalue weighted by atomic mass is 10.3. The quantitative estimate of drug-likeness (QED) is 0.676. The third-order valence-electron chi connectivity index (χ3n) is 1.44. The minimum Gasteiger partial charge on any atom is -0.395 e. The maximum absolute atomic E-state index is 11.9. The number of aliphatic hydroxyl groups excluding tert-OH is 1. The van der Waals surface area contributed by atoms with Crippen LogP contribution in [0, 0.1) is 0 Å².